The molecule has 0 aliphatic carbocycles. The smallest absolute Gasteiger partial charge is 0.337 e. The zero-order valence-electron chi connectivity index (χ0n) is 15.0. The van der Waals surface area contributed by atoms with Crippen molar-refractivity contribution in [2.45, 2.75) is 45.1 Å². The van der Waals surface area contributed by atoms with Crippen molar-refractivity contribution in [3.05, 3.63) is 35.7 Å². The van der Waals surface area contributed by atoms with E-state index in [4.69, 9.17) is 9.63 Å². The lowest BCUT2D eigenvalue weighted by molar-refractivity contribution is -0.156. The molecule has 0 aliphatic rings. The van der Waals surface area contributed by atoms with Gasteiger partial charge < -0.3 is 20.1 Å². The van der Waals surface area contributed by atoms with E-state index in [0.717, 1.165) is 12.5 Å². The van der Waals surface area contributed by atoms with Crippen LogP contribution in [-0.4, -0.2) is 44.4 Å². The van der Waals surface area contributed by atoms with Crippen molar-refractivity contribution >= 4 is 11.9 Å². The standard InChI is InChI=1S/C18H23N3O5/c1-11(2)12-4-6-13(7-5-12)16-20-15(26-21-16)9-8-14(22)19-10-18(3,25)17(23)24/h4-7,11,25H,8-10H2,1-3H3,(H,19,22)(H,23,24). The summed E-state index contributed by atoms with van der Waals surface area (Å²) in [5.74, 6) is -0.613. The van der Waals surface area contributed by atoms with Crippen molar-refractivity contribution in [3.63, 3.8) is 0 Å². The molecular weight excluding hydrogens is 338 g/mol. The predicted molar refractivity (Wildman–Crippen MR) is 93.4 cm³/mol. The molecule has 8 heteroatoms. The molecule has 26 heavy (non-hydrogen) atoms. The predicted octanol–water partition coefficient (Wildman–Crippen LogP) is 1.74. The van der Waals surface area contributed by atoms with E-state index in [1.54, 1.807) is 0 Å². The van der Waals surface area contributed by atoms with Gasteiger partial charge in [0.15, 0.2) is 5.60 Å². The first-order chi connectivity index (χ1) is 12.2. The Morgan fingerprint density at radius 1 is 1.27 bits per heavy atom. The molecule has 1 amide bonds. The number of rotatable bonds is 8. The zero-order valence-corrected chi connectivity index (χ0v) is 15.0. The molecule has 0 saturated carbocycles. The third-order valence-electron chi connectivity index (χ3n) is 3.96. The van der Waals surface area contributed by atoms with Crippen LogP contribution in [0.1, 0.15) is 44.6 Å². The van der Waals surface area contributed by atoms with Gasteiger partial charge in [-0.05, 0) is 18.4 Å². The second kappa shape index (κ2) is 8.09. The number of aryl methyl sites for hydroxylation is 1. The van der Waals surface area contributed by atoms with Gasteiger partial charge in [-0.1, -0.05) is 43.3 Å². The first-order valence-electron chi connectivity index (χ1n) is 8.34. The molecule has 1 aromatic heterocycles. The molecule has 8 nitrogen and oxygen atoms in total. The van der Waals surface area contributed by atoms with Crippen molar-refractivity contribution in [2.75, 3.05) is 6.54 Å². The number of aliphatic hydroxyl groups is 1. The van der Waals surface area contributed by atoms with Crippen molar-refractivity contribution in [2.24, 2.45) is 0 Å². The highest BCUT2D eigenvalue weighted by atomic mass is 16.5. The maximum Gasteiger partial charge on any atom is 0.337 e. The van der Waals surface area contributed by atoms with Gasteiger partial charge in [0.2, 0.25) is 17.6 Å². The van der Waals surface area contributed by atoms with E-state index in [-0.39, 0.29) is 19.4 Å². The SMILES string of the molecule is CC(C)c1ccc(-c2noc(CCC(=O)NCC(C)(O)C(=O)O)n2)cc1. The van der Waals surface area contributed by atoms with E-state index in [2.05, 4.69) is 29.3 Å². The minimum Gasteiger partial charge on any atom is -0.479 e. The van der Waals surface area contributed by atoms with Crippen molar-refractivity contribution < 1.29 is 24.3 Å². The van der Waals surface area contributed by atoms with Gasteiger partial charge >= 0.3 is 5.97 Å². The molecular formula is C18H23N3O5. The van der Waals surface area contributed by atoms with Crippen LogP contribution in [0.4, 0.5) is 0 Å². The number of carbonyl (C=O) groups is 2. The summed E-state index contributed by atoms with van der Waals surface area (Å²) in [7, 11) is 0. The zero-order chi connectivity index (χ0) is 19.3. The fourth-order valence-electron chi connectivity index (χ4n) is 2.15. The summed E-state index contributed by atoms with van der Waals surface area (Å²) >= 11 is 0. The summed E-state index contributed by atoms with van der Waals surface area (Å²) in [6.45, 7) is 4.97. The second-order valence-corrected chi connectivity index (χ2v) is 6.64. The number of aromatic nitrogens is 2. The van der Waals surface area contributed by atoms with Gasteiger partial charge in [-0.15, -0.1) is 0 Å². The third kappa shape index (κ3) is 5.13. The van der Waals surface area contributed by atoms with Crippen LogP contribution in [0.2, 0.25) is 0 Å². The fraction of sp³-hybridized carbons (Fsp3) is 0.444. The molecule has 140 valence electrons. The fourth-order valence-corrected chi connectivity index (χ4v) is 2.15. The van der Waals surface area contributed by atoms with Crippen LogP contribution in [-0.2, 0) is 16.0 Å². The highest BCUT2D eigenvalue weighted by Gasteiger charge is 2.30. The number of nitrogens with zero attached hydrogens (tertiary/aromatic N) is 2. The largest absolute Gasteiger partial charge is 0.479 e. The normalized spacial score (nSPS) is 13.4. The number of carboxylic acids is 1. The number of carbonyl (C=O) groups excluding carboxylic acids is 1. The molecule has 0 aliphatic heterocycles. The number of hydrogen-bond acceptors (Lipinski definition) is 6. The van der Waals surface area contributed by atoms with Crippen LogP contribution >= 0.6 is 0 Å². The molecule has 1 atom stereocenters. The van der Waals surface area contributed by atoms with E-state index in [9.17, 15) is 14.7 Å². The quantitative estimate of drug-likeness (QED) is 0.654. The summed E-state index contributed by atoms with van der Waals surface area (Å²) in [6.07, 6.45) is 0.266. The summed E-state index contributed by atoms with van der Waals surface area (Å²) in [4.78, 5) is 26.8. The molecule has 0 radical (unpaired) electrons. The summed E-state index contributed by atoms with van der Waals surface area (Å²) in [6, 6.07) is 7.87. The molecule has 0 bridgehead atoms. The number of nitrogens with one attached hydrogen (secondary N) is 1. The maximum atomic E-state index is 11.8. The number of carboxylic acid groups (broad SMARTS) is 1. The Morgan fingerprint density at radius 2 is 1.92 bits per heavy atom. The first kappa shape index (κ1) is 19.6. The van der Waals surface area contributed by atoms with Crippen LogP contribution in [0, 0.1) is 0 Å². The molecule has 3 N–H and O–H groups in total. The third-order valence-corrected chi connectivity index (χ3v) is 3.96. The van der Waals surface area contributed by atoms with Crippen LogP contribution in [0.25, 0.3) is 11.4 Å². The van der Waals surface area contributed by atoms with E-state index in [1.165, 1.54) is 5.56 Å². The first-order valence-corrected chi connectivity index (χ1v) is 8.34. The summed E-state index contributed by atoms with van der Waals surface area (Å²) in [5.41, 5.74) is 0.0351. The van der Waals surface area contributed by atoms with Gasteiger partial charge in [0, 0.05) is 18.4 Å². The van der Waals surface area contributed by atoms with Crippen molar-refractivity contribution in [1.29, 1.82) is 0 Å². The topological polar surface area (TPSA) is 126 Å². The summed E-state index contributed by atoms with van der Waals surface area (Å²) < 4.78 is 5.15. The Hall–Kier alpha value is -2.74. The van der Waals surface area contributed by atoms with Gasteiger partial charge in [-0.25, -0.2) is 4.79 Å². The van der Waals surface area contributed by atoms with E-state index in [1.807, 2.05) is 24.3 Å². The van der Waals surface area contributed by atoms with Gasteiger partial charge in [0.25, 0.3) is 0 Å². The van der Waals surface area contributed by atoms with Crippen LogP contribution in [0.5, 0.6) is 0 Å². The molecule has 0 spiro atoms. The van der Waals surface area contributed by atoms with Gasteiger partial charge in [-0.3, -0.25) is 4.79 Å². The molecule has 2 aromatic rings. The van der Waals surface area contributed by atoms with Crippen molar-refractivity contribution in [1.82, 2.24) is 15.5 Å². The molecule has 1 aromatic carbocycles. The lowest BCUT2D eigenvalue weighted by Gasteiger charge is -2.17. The lowest BCUT2D eigenvalue weighted by atomic mass is 10.0. The molecule has 0 fully saturated rings. The average Bonchev–Trinajstić information content (AvgIpc) is 3.07. The van der Waals surface area contributed by atoms with Gasteiger partial charge in [0.1, 0.15) is 0 Å². The lowest BCUT2D eigenvalue weighted by Crippen LogP contribution is -2.46. The summed E-state index contributed by atoms with van der Waals surface area (Å²) in [5, 5.41) is 24.6. The number of aliphatic carboxylic acids is 1. The molecule has 1 unspecified atom stereocenters. The number of benzene rings is 1. The van der Waals surface area contributed by atoms with Crippen LogP contribution in [0.15, 0.2) is 28.8 Å². The van der Waals surface area contributed by atoms with E-state index in [0.29, 0.717) is 17.6 Å². The minimum absolute atomic E-state index is 0.0453. The molecule has 2 rings (SSSR count). The Morgan fingerprint density at radius 3 is 2.50 bits per heavy atom. The highest BCUT2D eigenvalue weighted by Crippen LogP contribution is 2.20. The Bertz CT molecular complexity index is 765. The minimum atomic E-state index is -2.00. The van der Waals surface area contributed by atoms with Gasteiger partial charge in [-0.2, -0.15) is 4.98 Å². The van der Waals surface area contributed by atoms with E-state index >= 15 is 0 Å². The Balaban J connectivity index is 1.88. The monoisotopic (exact) mass is 361 g/mol. The van der Waals surface area contributed by atoms with Crippen molar-refractivity contribution in [3.8, 4) is 11.4 Å². The van der Waals surface area contributed by atoms with Crippen LogP contribution in [0.3, 0.4) is 0 Å². The van der Waals surface area contributed by atoms with Gasteiger partial charge in [0.05, 0.1) is 6.54 Å². The van der Waals surface area contributed by atoms with E-state index < -0.39 is 17.5 Å². The number of amides is 1. The van der Waals surface area contributed by atoms with Crippen LogP contribution < -0.4 is 5.32 Å². The second-order valence-electron chi connectivity index (χ2n) is 6.64. The molecule has 0 saturated heterocycles. The Kier molecular flexibility index (Phi) is 6.10. The number of hydrogen-bond donors (Lipinski definition) is 3. The average molecular weight is 361 g/mol. The molecule has 1 heterocycles. The maximum absolute atomic E-state index is 11.8. The highest BCUT2D eigenvalue weighted by molar-refractivity contribution is 5.80. The Labute approximate surface area is 151 Å².